The molecule has 0 unspecified atom stereocenters. The van der Waals surface area contributed by atoms with Crippen LogP contribution in [-0.2, 0) is 12.8 Å². The van der Waals surface area contributed by atoms with Crippen LogP contribution in [0, 0.1) is 11.6 Å². The number of aryl methyl sites for hydroxylation is 2. The molecule has 0 aliphatic heterocycles. The van der Waals surface area contributed by atoms with Crippen LogP contribution in [0.1, 0.15) is 11.3 Å². The summed E-state index contributed by atoms with van der Waals surface area (Å²) < 4.78 is 26.0. The van der Waals surface area contributed by atoms with E-state index >= 15 is 0 Å². The maximum absolute atomic E-state index is 13.1. The summed E-state index contributed by atoms with van der Waals surface area (Å²) in [6, 6.07) is 12.7. The smallest absolute Gasteiger partial charge is 0.189 e. The van der Waals surface area contributed by atoms with Crippen molar-refractivity contribution in [3.8, 4) is 0 Å². The van der Waals surface area contributed by atoms with Gasteiger partial charge in [0.2, 0.25) is 0 Å². The van der Waals surface area contributed by atoms with Gasteiger partial charge in [-0.3, -0.25) is 4.79 Å². The van der Waals surface area contributed by atoms with Crippen molar-refractivity contribution in [2.24, 2.45) is 0 Å². The van der Waals surface area contributed by atoms with Crippen molar-refractivity contribution in [1.29, 1.82) is 0 Å². The topological polar surface area (TPSA) is 32.9 Å². The van der Waals surface area contributed by atoms with Gasteiger partial charge in [-0.2, -0.15) is 0 Å². The van der Waals surface area contributed by atoms with Gasteiger partial charge in [-0.15, -0.1) is 0 Å². The third-order valence-electron chi connectivity index (χ3n) is 3.46. The van der Waals surface area contributed by atoms with Crippen LogP contribution in [0.25, 0.3) is 10.9 Å². The molecule has 4 heteroatoms. The number of halogens is 2. The van der Waals surface area contributed by atoms with E-state index in [4.69, 9.17) is 0 Å². The first-order valence-corrected chi connectivity index (χ1v) is 6.68. The molecule has 0 aliphatic rings. The molecule has 0 saturated carbocycles. The summed E-state index contributed by atoms with van der Waals surface area (Å²) in [6.45, 7) is 0. The molecule has 3 rings (SSSR count). The SMILES string of the molecule is O=c1cc(CCc2ccc(F)c(F)c2)[nH]c2ccccc12. The van der Waals surface area contributed by atoms with E-state index in [-0.39, 0.29) is 5.43 Å². The van der Waals surface area contributed by atoms with Gasteiger partial charge in [0.25, 0.3) is 0 Å². The Morgan fingerprint density at radius 2 is 1.71 bits per heavy atom. The van der Waals surface area contributed by atoms with Gasteiger partial charge in [0.15, 0.2) is 17.1 Å². The number of hydrogen-bond donors (Lipinski definition) is 1. The van der Waals surface area contributed by atoms with E-state index < -0.39 is 11.6 Å². The van der Waals surface area contributed by atoms with Gasteiger partial charge < -0.3 is 4.98 Å². The number of aromatic nitrogens is 1. The van der Waals surface area contributed by atoms with E-state index in [1.165, 1.54) is 6.07 Å². The number of para-hydroxylation sites is 1. The Kier molecular flexibility index (Phi) is 3.52. The fourth-order valence-electron chi connectivity index (χ4n) is 2.36. The number of nitrogens with one attached hydrogen (secondary N) is 1. The summed E-state index contributed by atoms with van der Waals surface area (Å²) in [5.41, 5.74) is 2.22. The second-order valence-electron chi connectivity index (χ2n) is 4.95. The Hall–Kier alpha value is -2.49. The van der Waals surface area contributed by atoms with Crippen molar-refractivity contribution in [3.05, 3.63) is 81.6 Å². The minimum absolute atomic E-state index is 0.0374. The Labute approximate surface area is 120 Å². The van der Waals surface area contributed by atoms with Crippen LogP contribution in [0.15, 0.2) is 53.3 Å². The van der Waals surface area contributed by atoms with Crippen LogP contribution in [-0.4, -0.2) is 4.98 Å². The maximum Gasteiger partial charge on any atom is 0.189 e. The van der Waals surface area contributed by atoms with Crippen LogP contribution in [0.4, 0.5) is 8.78 Å². The number of hydrogen-bond acceptors (Lipinski definition) is 1. The van der Waals surface area contributed by atoms with Crippen LogP contribution in [0.2, 0.25) is 0 Å². The van der Waals surface area contributed by atoms with Gasteiger partial charge in [-0.1, -0.05) is 18.2 Å². The molecule has 0 bridgehead atoms. The molecule has 0 radical (unpaired) electrons. The molecule has 3 aromatic rings. The monoisotopic (exact) mass is 285 g/mol. The van der Waals surface area contributed by atoms with Crippen molar-refractivity contribution in [2.75, 3.05) is 0 Å². The first-order valence-electron chi connectivity index (χ1n) is 6.68. The van der Waals surface area contributed by atoms with Gasteiger partial charge in [-0.25, -0.2) is 8.78 Å². The molecule has 0 amide bonds. The van der Waals surface area contributed by atoms with Crippen LogP contribution < -0.4 is 5.43 Å². The Bertz CT molecular complexity index is 855. The zero-order valence-electron chi connectivity index (χ0n) is 11.2. The zero-order valence-corrected chi connectivity index (χ0v) is 11.2. The molecule has 1 N–H and O–H groups in total. The van der Waals surface area contributed by atoms with Crippen LogP contribution >= 0.6 is 0 Å². The molecule has 1 aromatic heterocycles. The molecule has 1 heterocycles. The minimum atomic E-state index is -0.849. The molecular formula is C17H13F2NO. The molecule has 0 aliphatic carbocycles. The summed E-state index contributed by atoms with van der Waals surface area (Å²) in [7, 11) is 0. The lowest BCUT2D eigenvalue weighted by atomic mass is 10.1. The highest BCUT2D eigenvalue weighted by Crippen LogP contribution is 2.12. The number of fused-ring (bicyclic) bond motifs is 1. The van der Waals surface area contributed by atoms with Gasteiger partial charge in [-0.05, 0) is 42.7 Å². The molecule has 2 nitrogen and oxygen atoms in total. The average Bonchev–Trinajstić information content (AvgIpc) is 2.49. The minimum Gasteiger partial charge on any atom is -0.358 e. The number of H-pyrrole nitrogens is 1. The van der Waals surface area contributed by atoms with E-state index in [1.54, 1.807) is 18.2 Å². The molecule has 0 spiro atoms. The standard InChI is InChI=1S/C17H13F2NO/c18-14-8-6-11(9-15(14)19)5-7-12-10-17(21)13-3-1-2-4-16(13)20-12/h1-4,6,8-10H,5,7H2,(H,20,21). The Morgan fingerprint density at radius 3 is 2.52 bits per heavy atom. The summed E-state index contributed by atoms with van der Waals surface area (Å²) >= 11 is 0. The molecule has 106 valence electrons. The molecule has 0 fully saturated rings. The second kappa shape index (κ2) is 5.48. The normalized spacial score (nSPS) is 11.0. The van der Waals surface area contributed by atoms with E-state index in [1.807, 2.05) is 18.2 Å². The highest BCUT2D eigenvalue weighted by atomic mass is 19.2. The van der Waals surface area contributed by atoms with Gasteiger partial charge in [0.05, 0.1) is 0 Å². The van der Waals surface area contributed by atoms with Crippen molar-refractivity contribution in [1.82, 2.24) is 4.98 Å². The molecule has 0 saturated heterocycles. The van der Waals surface area contributed by atoms with Crippen molar-refractivity contribution in [2.45, 2.75) is 12.8 Å². The first-order chi connectivity index (χ1) is 10.1. The highest BCUT2D eigenvalue weighted by Gasteiger charge is 2.05. The lowest BCUT2D eigenvalue weighted by Gasteiger charge is -2.05. The maximum atomic E-state index is 13.1. The summed E-state index contributed by atoms with van der Waals surface area (Å²) in [5, 5.41) is 0.647. The predicted molar refractivity (Wildman–Crippen MR) is 78.3 cm³/mol. The molecular weight excluding hydrogens is 272 g/mol. The first kappa shape index (κ1) is 13.5. The number of pyridine rings is 1. The third-order valence-corrected chi connectivity index (χ3v) is 3.46. The highest BCUT2D eigenvalue weighted by molar-refractivity contribution is 5.78. The Morgan fingerprint density at radius 1 is 0.905 bits per heavy atom. The Balaban J connectivity index is 1.85. The van der Waals surface area contributed by atoms with Crippen LogP contribution in [0.5, 0.6) is 0 Å². The van der Waals surface area contributed by atoms with Crippen LogP contribution in [0.3, 0.4) is 0 Å². The van der Waals surface area contributed by atoms with Crippen molar-refractivity contribution in [3.63, 3.8) is 0 Å². The van der Waals surface area contributed by atoms with Crippen molar-refractivity contribution < 1.29 is 8.78 Å². The van der Waals surface area contributed by atoms with Gasteiger partial charge in [0.1, 0.15) is 0 Å². The summed E-state index contributed by atoms with van der Waals surface area (Å²) in [6.07, 6.45) is 1.09. The number of rotatable bonds is 3. The van der Waals surface area contributed by atoms with E-state index in [0.29, 0.717) is 23.8 Å². The number of aromatic amines is 1. The fraction of sp³-hybridized carbons (Fsp3) is 0.118. The predicted octanol–water partition coefficient (Wildman–Crippen LogP) is 3.59. The fourth-order valence-corrected chi connectivity index (χ4v) is 2.36. The molecule has 0 atom stereocenters. The second-order valence-corrected chi connectivity index (χ2v) is 4.95. The molecule has 21 heavy (non-hydrogen) atoms. The van der Waals surface area contributed by atoms with Gasteiger partial charge >= 0.3 is 0 Å². The lowest BCUT2D eigenvalue weighted by molar-refractivity contribution is 0.507. The quantitative estimate of drug-likeness (QED) is 0.783. The van der Waals surface area contributed by atoms with Gasteiger partial charge in [0, 0.05) is 22.7 Å². The lowest BCUT2D eigenvalue weighted by Crippen LogP contribution is -2.06. The van der Waals surface area contributed by atoms with E-state index in [2.05, 4.69) is 4.98 Å². The number of benzene rings is 2. The molecule has 2 aromatic carbocycles. The van der Waals surface area contributed by atoms with E-state index in [9.17, 15) is 13.6 Å². The zero-order chi connectivity index (χ0) is 14.8. The summed E-state index contributed by atoms with van der Waals surface area (Å²) in [4.78, 5) is 15.2. The van der Waals surface area contributed by atoms with Crippen molar-refractivity contribution >= 4 is 10.9 Å². The largest absolute Gasteiger partial charge is 0.358 e. The summed E-state index contributed by atoms with van der Waals surface area (Å²) in [5.74, 6) is -1.70. The average molecular weight is 285 g/mol. The van der Waals surface area contributed by atoms with E-state index in [0.717, 1.165) is 17.3 Å². The third kappa shape index (κ3) is 2.84.